The second kappa shape index (κ2) is 13.7. The first kappa shape index (κ1) is 36.2. The number of carbonyl (C=O) groups is 1. The molecular weight excluding hydrogens is 692 g/mol. The summed E-state index contributed by atoms with van der Waals surface area (Å²) < 4.78 is 73.8. The molecule has 53 heavy (non-hydrogen) atoms. The second-order valence-electron chi connectivity index (χ2n) is 14.2. The molecule has 0 spiro atoms. The molecule has 2 atom stereocenters. The number of ether oxygens (including phenoxy) is 2. The van der Waals surface area contributed by atoms with Crippen molar-refractivity contribution in [2.24, 2.45) is 0 Å². The Morgan fingerprint density at radius 2 is 2.02 bits per heavy atom. The number of aryl methyl sites for hydroxylation is 1. The van der Waals surface area contributed by atoms with Crippen molar-refractivity contribution in [1.29, 1.82) is 0 Å². The van der Waals surface area contributed by atoms with E-state index in [2.05, 4.69) is 34.3 Å². The van der Waals surface area contributed by atoms with Gasteiger partial charge >= 0.3 is 12.2 Å². The summed E-state index contributed by atoms with van der Waals surface area (Å²) in [6, 6.07) is 0.939. The van der Waals surface area contributed by atoms with Crippen molar-refractivity contribution in [3.05, 3.63) is 68.9 Å². The zero-order valence-electron chi connectivity index (χ0n) is 29.9. The Hall–Kier alpha value is -5.12. The van der Waals surface area contributed by atoms with Gasteiger partial charge in [-0.05, 0) is 45.2 Å². The number of hydrogen-bond donors (Lipinski definition) is 1. The van der Waals surface area contributed by atoms with Crippen molar-refractivity contribution >= 4 is 17.4 Å². The zero-order valence-corrected chi connectivity index (χ0v) is 29.9. The van der Waals surface area contributed by atoms with Gasteiger partial charge in [-0.25, -0.2) is 4.39 Å². The van der Waals surface area contributed by atoms with Gasteiger partial charge in [0.2, 0.25) is 0 Å². The molecule has 0 unspecified atom stereocenters. The quantitative estimate of drug-likeness (QED) is 0.164. The van der Waals surface area contributed by atoms with E-state index in [1.807, 2.05) is 4.90 Å². The Bertz CT molecular complexity index is 2110. The van der Waals surface area contributed by atoms with E-state index < -0.39 is 40.5 Å². The van der Waals surface area contributed by atoms with Gasteiger partial charge in [0.25, 0.3) is 5.91 Å². The number of amides is 1. The van der Waals surface area contributed by atoms with Gasteiger partial charge < -0.3 is 25.0 Å². The Labute approximate surface area is 305 Å². The molecule has 15 heteroatoms. The van der Waals surface area contributed by atoms with Gasteiger partial charge in [0.05, 0.1) is 53.0 Å². The van der Waals surface area contributed by atoms with Gasteiger partial charge in [-0.2, -0.15) is 28.2 Å². The second-order valence-corrected chi connectivity index (χ2v) is 14.2. The molecule has 1 amide bonds. The summed E-state index contributed by atoms with van der Waals surface area (Å²) in [5, 5.41) is 4.57. The first-order valence-corrected chi connectivity index (χ1v) is 17.4. The van der Waals surface area contributed by atoms with Crippen LogP contribution in [-0.2, 0) is 37.0 Å². The number of halogens is 4. The van der Waals surface area contributed by atoms with Crippen LogP contribution in [0.3, 0.4) is 0 Å². The monoisotopic (exact) mass is 732 g/mol. The van der Waals surface area contributed by atoms with E-state index in [0.717, 1.165) is 44.0 Å². The lowest BCUT2D eigenvalue weighted by molar-refractivity contribution is -0.140. The Morgan fingerprint density at radius 1 is 1.23 bits per heavy atom. The molecule has 7 rings (SSSR count). The number of anilines is 2. The fraction of sp³-hybridized carbons (Fsp3) is 0.474. The van der Waals surface area contributed by atoms with Crippen LogP contribution >= 0.6 is 0 Å². The highest BCUT2D eigenvalue weighted by Crippen LogP contribution is 2.45. The van der Waals surface area contributed by atoms with Crippen molar-refractivity contribution in [1.82, 2.24) is 29.5 Å². The third-order valence-corrected chi connectivity index (χ3v) is 10.5. The third kappa shape index (κ3) is 6.46. The summed E-state index contributed by atoms with van der Waals surface area (Å²) in [6.07, 6.45) is 2.69. The molecule has 0 radical (unpaired) electrons. The lowest BCUT2D eigenvalue weighted by Crippen LogP contribution is -2.43. The van der Waals surface area contributed by atoms with Crippen LogP contribution in [0.2, 0.25) is 0 Å². The van der Waals surface area contributed by atoms with Crippen LogP contribution < -0.4 is 15.4 Å². The van der Waals surface area contributed by atoms with Crippen LogP contribution in [0.25, 0.3) is 0 Å². The maximum absolute atomic E-state index is 15.8. The molecule has 2 saturated heterocycles. The van der Waals surface area contributed by atoms with E-state index >= 15 is 4.39 Å². The number of carbonyl (C=O) groups excluding carboxylic acids is 1. The van der Waals surface area contributed by atoms with Crippen LogP contribution in [-0.4, -0.2) is 81.3 Å². The SMILES string of the molecule is C#Cc1c(C(=O)N(C)C)nn2c1CN(c1nc(OC[C@@]34CCCN3CC(=C)C4)nc3c1CO[C@@H](c1c(F)c(N)cc(C#CC)c1C(F)(F)F)C3)CCC2. The summed E-state index contributed by atoms with van der Waals surface area (Å²) >= 11 is 0. The molecule has 2 aromatic heterocycles. The Balaban J connectivity index is 1.31. The summed E-state index contributed by atoms with van der Waals surface area (Å²) in [6.45, 7) is 8.56. The van der Waals surface area contributed by atoms with Crippen LogP contribution in [0.4, 0.5) is 29.1 Å². The Kier molecular flexibility index (Phi) is 9.37. The average molecular weight is 733 g/mol. The van der Waals surface area contributed by atoms with Crippen LogP contribution in [0.1, 0.15) is 88.4 Å². The van der Waals surface area contributed by atoms with Gasteiger partial charge in [0, 0.05) is 56.8 Å². The van der Waals surface area contributed by atoms with Crippen molar-refractivity contribution in [2.45, 2.75) is 76.5 Å². The normalized spacial score (nSPS) is 21.2. The van der Waals surface area contributed by atoms with E-state index in [1.54, 1.807) is 18.8 Å². The fourth-order valence-electron chi connectivity index (χ4n) is 8.14. The number of fused-ring (bicyclic) bond motifs is 3. The lowest BCUT2D eigenvalue weighted by Gasteiger charge is -2.33. The number of hydrogen-bond acceptors (Lipinski definition) is 9. The van der Waals surface area contributed by atoms with Gasteiger partial charge in [-0.1, -0.05) is 24.0 Å². The summed E-state index contributed by atoms with van der Waals surface area (Å²) in [5.74, 6) is 6.46. The summed E-state index contributed by atoms with van der Waals surface area (Å²) in [5.41, 5.74) is 5.98. The molecule has 3 aromatic rings. The fourth-order valence-corrected chi connectivity index (χ4v) is 8.14. The largest absolute Gasteiger partial charge is 0.461 e. The van der Waals surface area contributed by atoms with Gasteiger partial charge in [0.15, 0.2) is 11.5 Å². The minimum Gasteiger partial charge on any atom is -0.461 e. The zero-order chi connectivity index (χ0) is 37.8. The molecule has 0 saturated carbocycles. The number of nitrogen functional groups attached to an aromatic ring is 1. The molecule has 2 N–H and O–H groups in total. The van der Waals surface area contributed by atoms with E-state index in [4.69, 9.17) is 31.6 Å². The highest BCUT2D eigenvalue weighted by Gasteiger charge is 2.47. The molecule has 4 aliphatic heterocycles. The van der Waals surface area contributed by atoms with Crippen molar-refractivity contribution in [2.75, 3.05) is 51.0 Å². The van der Waals surface area contributed by atoms with Gasteiger partial charge in [-0.15, -0.1) is 12.3 Å². The van der Waals surface area contributed by atoms with Crippen LogP contribution in [0.5, 0.6) is 6.01 Å². The highest BCUT2D eigenvalue weighted by atomic mass is 19.4. The Morgan fingerprint density at radius 3 is 2.74 bits per heavy atom. The van der Waals surface area contributed by atoms with Gasteiger partial charge in [-0.3, -0.25) is 14.4 Å². The third-order valence-electron chi connectivity index (χ3n) is 10.5. The lowest BCUT2D eigenvalue weighted by atomic mass is 9.90. The number of aromatic nitrogens is 4. The maximum atomic E-state index is 15.8. The average Bonchev–Trinajstić information content (AvgIpc) is 3.70. The first-order valence-electron chi connectivity index (χ1n) is 17.4. The number of alkyl halides is 3. The molecule has 2 fully saturated rings. The molecule has 1 aromatic carbocycles. The molecular formula is C38H40F4N8O3. The van der Waals surface area contributed by atoms with E-state index in [0.29, 0.717) is 47.8 Å². The number of rotatable bonds is 6. The maximum Gasteiger partial charge on any atom is 0.418 e. The van der Waals surface area contributed by atoms with Gasteiger partial charge in [0.1, 0.15) is 12.4 Å². The van der Waals surface area contributed by atoms with Crippen molar-refractivity contribution in [3.63, 3.8) is 0 Å². The standard InChI is InChI=1S/C38H40F4N8O3/c1-6-10-23-15-26(43)32(39)30(31(23)38(40,41)42)29-16-27-25(20-52-29)34(45-36(44-27)53-21-37-11-8-13-49(37)18-22(3)17-37)48-12-9-14-50-28(19-48)24(7-2)33(46-50)35(51)47(4)5/h2,15,29H,3,8-9,11-14,16-21,43H2,1,4-5H3/t29-,37+/m1/s1. The number of terminal acetylenes is 1. The molecule has 4 aliphatic rings. The predicted octanol–water partition coefficient (Wildman–Crippen LogP) is 4.87. The minimum absolute atomic E-state index is 0.0400. The molecule has 278 valence electrons. The minimum atomic E-state index is -4.95. The smallest absolute Gasteiger partial charge is 0.418 e. The van der Waals surface area contributed by atoms with E-state index in [1.165, 1.54) is 11.8 Å². The van der Waals surface area contributed by atoms with Crippen molar-refractivity contribution < 1.29 is 31.8 Å². The molecule has 11 nitrogen and oxygen atoms in total. The number of nitrogens with two attached hydrogens (primary N) is 1. The summed E-state index contributed by atoms with van der Waals surface area (Å²) in [7, 11) is 3.25. The molecule has 0 bridgehead atoms. The summed E-state index contributed by atoms with van der Waals surface area (Å²) in [4.78, 5) is 28.4. The topological polar surface area (TPSA) is 115 Å². The molecule has 0 aliphatic carbocycles. The predicted molar refractivity (Wildman–Crippen MR) is 188 cm³/mol. The first-order chi connectivity index (χ1) is 25.2. The van der Waals surface area contributed by atoms with Crippen LogP contribution in [0, 0.1) is 30.0 Å². The number of benzene rings is 1. The van der Waals surface area contributed by atoms with E-state index in [9.17, 15) is 18.0 Å². The molecule has 6 heterocycles. The van der Waals surface area contributed by atoms with E-state index in [-0.39, 0.29) is 49.3 Å². The highest BCUT2D eigenvalue weighted by molar-refractivity contribution is 5.94. The number of nitrogens with zero attached hydrogens (tertiary/aromatic N) is 7. The van der Waals surface area contributed by atoms with Crippen LogP contribution in [0.15, 0.2) is 18.2 Å². The van der Waals surface area contributed by atoms with Crippen molar-refractivity contribution in [3.8, 4) is 30.2 Å².